The first-order chi connectivity index (χ1) is 7.13. The van der Waals surface area contributed by atoms with Crippen LogP contribution in [0.5, 0.6) is 0 Å². The lowest BCUT2D eigenvalue weighted by atomic mass is 10.0. The van der Waals surface area contributed by atoms with Gasteiger partial charge in [0.15, 0.2) is 0 Å². The highest BCUT2D eigenvalue weighted by atomic mass is 79.9. The van der Waals surface area contributed by atoms with E-state index in [1.165, 1.54) is 7.11 Å². The molecule has 0 heterocycles. The zero-order chi connectivity index (χ0) is 11.4. The van der Waals surface area contributed by atoms with E-state index in [9.17, 15) is 4.79 Å². The van der Waals surface area contributed by atoms with Gasteiger partial charge in [-0.25, -0.2) is 4.79 Å². The summed E-state index contributed by atoms with van der Waals surface area (Å²) >= 11 is 3.28. The lowest BCUT2D eigenvalue weighted by Crippen LogP contribution is -2.05. The Morgan fingerprint density at radius 2 is 2.27 bits per heavy atom. The summed E-state index contributed by atoms with van der Waals surface area (Å²) in [4.78, 5) is 11.4. The number of halogens is 1. The van der Waals surface area contributed by atoms with Crippen molar-refractivity contribution in [3.8, 4) is 6.07 Å². The third-order valence-electron chi connectivity index (χ3n) is 2.12. The first-order valence-electron chi connectivity index (χ1n) is 4.32. The average molecular weight is 268 g/mol. The molecule has 0 saturated heterocycles. The molecule has 0 spiro atoms. The minimum Gasteiger partial charge on any atom is -0.465 e. The molecule has 1 rings (SSSR count). The Morgan fingerprint density at radius 1 is 1.60 bits per heavy atom. The normalized spacial score (nSPS) is 9.47. The van der Waals surface area contributed by atoms with Crippen LogP contribution in [0.4, 0.5) is 0 Å². The zero-order valence-corrected chi connectivity index (χ0v) is 10.1. The van der Waals surface area contributed by atoms with E-state index in [2.05, 4.69) is 26.7 Å². The van der Waals surface area contributed by atoms with Gasteiger partial charge in [0.2, 0.25) is 0 Å². The first-order valence-corrected chi connectivity index (χ1v) is 5.44. The number of methoxy groups -OCH3 is 1. The van der Waals surface area contributed by atoms with Crippen molar-refractivity contribution >= 4 is 21.9 Å². The maximum Gasteiger partial charge on any atom is 0.338 e. The molecule has 78 valence electrons. The van der Waals surface area contributed by atoms with Gasteiger partial charge < -0.3 is 4.74 Å². The molecule has 0 radical (unpaired) electrons. The van der Waals surface area contributed by atoms with E-state index in [0.717, 1.165) is 11.1 Å². The summed E-state index contributed by atoms with van der Waals surface area (Å²) < 4.78 is 4.65. The number of nitriles is 1. The van der Waals surface area contributed by atoms with E-state index in [4.69, 9.17) is 5.26 Å². The number of carbonyl (C=O) groups excluding carboxylic acids is 1. The van der Waals surface area contributed by atoms with Crippen LogP contribution in [-0.4, -0.2) is 13.1 Å². The van der Waals surface area contributed by atoms with Crippen LogP contribution in [0.15, 0.2) is 12.1 Å². The van der Waals surface area contributed by atoms with Crippen molar-refractivity contribution in [3.63, 3.8) is 0 Å². The minimum absolute atomic E-state index is 0.376. The molecule has 1 aromatic rings. The summed E-state index contributed by atoms with van der Waals surface area (Å²) in [5.41, 5.74) is 2.63. The molecule has 0 atom stereocenters. The van der Waals surface area contributed by atoms with Crippen LogP contribution in [-0.2, 0) is 10.1 Å². The Balaban J connectivity index is 3.33. The molecule has 3 nitrogen and oxygen atoms in total. The Hall–Kier alpha value is -1.34. The summed E-state index contributed by atoms with van der Waals surface area (Å²) in [6, 6.07) is 5.48. The molecule has 0 N–H and O–H groups in total. The van der Waals surface area contributed by atoms with Crippen LogP contribution < -0.4 is 0 Å². The van der Waals surface area contributed by atoms with Crippen LogP contribution in [0.1, 0.15) is 27.0 Å². The van der Waals surface area contributed by atoms with Crippen LogP contribution in [0.3, 0.4) is 0 Å². The monoisotopic (exact) mass is 267 g/mol. The van der Waals surface area contributed by atoms with Gasteiger partial charge >= 0.3 is 5.97 Å². The average Bonchev–Trinajstić information content (AvgIpc) is 2.27. The van der Waals surface area contributed by atoms with Crippen LogP contribution in [0, 0.1) is 18.3 Å². The minimum atomic E-state index is -0.376. The van der Waals surface area contributed by atoms with Crippen molar-refractivity contribution in [2.75, 3.05) is 7.11 Å². The zero-order valence-electron chi connectivity index (χ0n) is 8.50. The quantitative estimate of drug-likeness (QED) is 0.611. The smallest absolute Gasteiger partial charge is 0.338 e. The fourth-order valence-electron chi connectivity index (χ4n) is 1.30. The lowest BCUT2D eigenvalue weighted by Gasteiger charge is -2.07. The number of alkyl halides is 1. The van der Waals surface area contributed by atoms with Crippen molar-refractivity contribution in [1.29, 1.82) is 5.26 Å². The highest BCUT2D eigenvalue weighted by molar-refractivity contribution is 9.08. The number of aryl methyl sites for hydroxylation is 1. The van der Waals surface area contributed by atoms with E-state index >= 15 is 0 Å². The van der Waals surface area contributed by atoms with Gasteiger partial charge in [-0.2, -0.15) is 5.26 Å². The number of esters is 1. The molecule has 0 fully saturated rings. The van der Waals surface area contributed by atoms with Gasteiger partial charge in [-0.15, -0.1) is 0 Å². The molecule has 0 unspecified atom stereocenters. The lowest BCUT2D eigenvalue weighted by molar-refractivity contribution is 0.0600. The van der Waals surface area contributed by atoms with Crippen molar-refractivity contribution in [2.45, 2.75) is 12.3 Å². The fraction of sp³-hybridized carbons (Fsp3) is 0.273. The molecular formula is C11H10BrNO2. The summed E-state index contributed by atoms with van der Waals surface area (Å²) in [7, 11) is 1.34. The number of rotatable bonds is 2. The third-order valence-corrected chi connectivity index (χ3v) is 2.72. The summed E-state index contributed by atoms with van der Waals surface area (Å²) in [5.74, 6) is -0.376. The summed E-state index contributed by atoms with van der Waals surface area (Å²) in [6.45, 7) is 1.78. The van der Waals surface area contributed by atoms with Crippen LogP contribution in [0.2, 0.25) is 0 Å². The fourth-order valence-corrected chi connectivity index (χ4v) is 1.76. The topological polar surface area (TPSA) is 50.1 Å². The van der Waals surface area contributed by atoms with Gasteiger partial charge in [0.25, 0.3) is 0 Å². The molecule has 15 heavy (non-hydrogen) atoms. The van der Waals surface area contributed by atoms with Gasteiger partial charge in [0, 0.05) is 5.33 Å². The molecule has 1 aromatic carbocycles. The first kappa shape index (κ1) is 11.7. The second-order valence-electron chi connectivity index (χ2n) is 3.06. The molecule has 0 amide bonds. The highest BCUT2D eigenvalue weighted by Crippen LogP contribution is 2.19. The molecule has 0 saturated carbocycles. The second kappa shape index (κ2) is 4.94. The van der Waals surface area contributed by atoms with Crippen molar-refractivity contribution in [2.24, 2.45) is 0 Å². The van der Waals surface area contributed by atoms with Crippen LogP contribution >= 0.6 is 15.9 Å². The van der Waals surface area contributed by atoms with Gasteiger partial charge in [-0.05, 0) is 30.2 Å². The van der Waals surface area contributed by atoms with Gasteiger partial charge in [0.05, 0.1) is 24.3 Å². The van der Waals surface area contributed by atoms with Gasteiger partial charge in [-0.3, -0.25) is 0 Å². The predicted octanol–water partition coefficient (Wildman–Crippen LogP) is 2.55. The SMILES string of the molecule is COC(=O)c1cc(CBr)c(C#N)cc1C. The molecule has 0 bridgehead atoms. The number of benzene rings is 1. The highest BCUT2D eigenvalue weighted by Gasteiger charge is 2.12. The van der Waals surface area contributed by atoms with E-state index in [0.29, 0.717) is 16.5 Å². The molecular weight excluding hydrogens is 258 g/mol. The molecule has 0 aromatic heterocycles. The number of hydrogen-bond donors (Lipinski definition) is 0. The predicted molar refractivity (Wildman–Crippen MR) is 59.9 cm³/mol. The molecule has 0 aliphatic rings. The van der Waals surface area contributed by atoms with E-state index < -0.39 is 0 Å². The number of nitrogens with zero attached hydrogens (tertiary/aromatic N) is 1. The van der Waals surface area contributed by atoms with Crippen molar-refractivity contribution in [3.05, 3.63) is 34.4 Å². The Labute approximate surface area is 96.8 Å². The van der Waals surface area contributed by atoms with Crippen molar-refractivity contribution in [1.82, 2.24) is 0 Å². The molecule has 0 aliphatic heterocycles. The second-order valence-corrected chi connectivity index (χ2v) is 3.62. The summed E-state index contributed by atoms with van der Waals surface area (Å²) in [5, 5.41) is 9.42. The number of hydrogen-bond acceptors (Lipinski definition) is 3. The van der Waals surface area contributed by atoms with Gasteiger partial charge in [-0.1, -0.05) is 15.9 Å². The van der Waals surface area contributed by atoms with E-state index in [-0.39, 0.29) is 5.97 Å². The Morgan fingerprint density at radius 3 is 2.73 bits per heavy atom. The Kier molecular flexibility index (Phi) is 3.87. The molecule has 0 aliphatic carbocycles. The Bertz CT molecular complexity index is 435. The maximum atomic E-state index is 11.4. The number of ether oxygens (including phenoxy) is 1. The standard InChI is InChI=1S/C11H10BrNO2/c1-7-3-9(6-13)8(5-12)4-10(7)11(14)15-2/h3-4H,5H2,1-2H3. The van der Waals surface area contributed by atoms with E-state index in [1.807, 2.05) is 0 Å². The van der Waals surface area contributed by atoms with Crippen LogP contribution in [0.25, 0.3) is 0 Å². The summed E-state index contributed by atoms with van der Waals surface area (Å²) in [6.07, 6.45) is 0. The number of carbonyl (C=O) groups is 1. The largest absolute Gasteiger partial charge is 0.465 e. The molecule has 4 heteroatoms. The van der Waals surface area contributed by atoms with Crippen molar-refractivity contribution < 1.29 is 9.53 Å². The third kappa shape index (κ3) is 2.37. The van der Waals surface area contributed by atoms with E-state index in [1.54, 1.807) is 19.1 Å². The maximum absolute atomic E-state index is 11.4. The van der Waals surface area contributed by atoms with Gasteiger partial charge in [0.1, 0.15) is 0 Å².